The molecule has 2 aromatic rings. The van der Waals surface area contributed by atoms with Gasteiger partial charge in [-0.05, 0) is 31.5 Å². The van der Waals surface area contributed by atoms with Crippen molar-refractivity contribution in [3.05, 3.63) is 76.5 Å². The summed E-state index contributed by atoms with van der Waals surface area (Å²) in [6, 6.07) is 10.7. The van der Waals surface area contributed by atoms with Gasteiger partial charge in [-0.15, -0.1) is 0 Å². The highest BCUT2D eigenvalue weighted by Gasteiger charge is 2.35. The zero-order chi connectivity index (χ0) is 20.5. The third kappa shape index (κ3) is 4.00. The largest absolute Gasteiger partial charge is 0.418 e. The van der Waals surface area contributed by atoms with Crippen molar-refractivity contribution >= 4 is 17.6 Å². The summed E-state index contributed by atoms with van der Waals surface area (Å²) >= 11 is 0. The number of amides is 3. The molecule has 0 unspecified atom stereocenters. The summed E-state index contributed by atoms with van der Waals surface area (Å²) in [5, 5.41) is 7.50. The number of hydrogen-bond donors (Lipinski definition) is 3. The maximum atomic E-state index is 13.2. The van der Waals surface area contributed by atoms with Crippen LogP contribution < -0.4 is 16.0 Å². The first-order valence-electron chi connectivity index (χ1n) is 8.49. The molecule has 0 spiro atoms. The number of rotatable bonds is 3. The number of carbonyl (C=O) groups is 2. The Morgan fingerprint density at radius 3 is 2.46 bits per heavy atom. The summed E-state index contributed by atoms with van der Waals surface area (Å²) in [5.74, 6) is -0.729. The van der Waals surface area contributed by atoms with Gasteiger partial charge in [0.05, 0.1) is 22.9 Å². The van der Waals surface area contributed by atoms with Gasteiger partial charge in [0.2, 0.25) is 0 Å². The van der Waals surface area contributed by atoms with Gasteiger partial charge in [-0.1, -0.05) is 42.0 Å². The summed E-state index contributed by atoms with van der Waals surface area (Å²) in [5.41, 5.74) is 0.703. The standard InChI is InChI=1S/C20H18F3N3O2/c1-11-6-5-7-13(10-11)17-16(12(2)24-19(28)26-17)18(27)25-15-9-4-3-8-14(15)20(21,22)23/h3-10,17H,1-2H3,(H,25,27)(H2,24,26,28)/t17-/m0/s1. The Morgan fingerprint density at radius 1 is 1.07 bits per heavy atom. The Kier molecular flexibility index (Phi) is 5.13. The van der Waals surface area contributed by atoms with E-state index in [1.165, 1.54) is 25.1 Å². The molecule has 8 heteroatoms. The molecular weight excluding hydrogens is 371 g/mol. The van der Waals surface area contributed by atoms with Crippen molar-refractivity contribution in [3.63, 3.8) is 0 Å². The zero-order valence-electron chi connectivity index (χ0n) is 15.1. The maximum Gasteiger partial charge on any atom is 0.418 e. The molecule has 0 radical (unpaired) electrons. The number of alkyl halides is 3. The van der Waals surface area contributed by atoms with Crippen LogP contribution in [0.25, 0.3) is 0 Å². The average Bonchev–Trinajstić information content (AvgIpc) is 2.60. The summed E-state index contributed by atoms with van der Waals surface area (Å²) in [7, 11) is 0. The van der Waals surface area contributed by atoms with Gasteiger partial charge in [0.15, 0.2) is 0 Å². The van der Waals surface area contributed by atoms with Crippen LogP contribution in [-0.2, 0) is 11.0 Å². The summed E-state index contributed by atoms with van der Waals surface area (Å²) in [4.78, 5) is 24.8. The highest BCUT2D eigenvalue weighted by Crippen LogP contribution is 2.35. The number of halogens is 3. The van der Waals surface area contributed by atoms with E-state index in [-0.39, 0.29) is 17.0 Å². The van der Waals surface area contributed by atoms with Crippen molar-refractivity contribution in [2.45, 2.75) is 26.1 Å². The summed E-state index contributed by atoms with van der Waals surface area (Å²) < 4.78 is 39.7. The van der Waals surface area contributed by atoms with Gasteiger partial charge in [0, 0.05) is 5.70 Å². The third-order valence-corrected chi connectivity index (χ3v) is 4.37. The first-order valence-corrected chi connectivity index (χ1v) is 8.49. The van der Waals surface area contributed by atoms with Crippen LogP contribution in [0.2, 0.25) is 0 Å². The molecule has 5 nitrogen and oxygen atoms in total. The molecule has 3 rings (SSSR count). The van der Waals surface area contributed by atoms with E-state index >= 15 is 0 Å². The fourth-order valence-electron chi connectivity index (χ4n) is 3.12. The second-order valence-electron chi connectivity index (χ2n) is 6.48. The molecule has 0 fully saturated rings. The fraction of sp³-hybridized carbons (Fsp3) is 0.200. The first-order chi connectivity index (χ1) is 13.2. The predicted molar refractivity (Wildman–Crippen MR) is 98.4 cm³/mol. The van der Waals surface area contributed by atoms with E-state index in [9.17, 15) is 22.8 Å². The Hall–Kier alpha value is -3.29. The minimum atomic E-state index is -4.61. The lowest BCUT2D eigenvalue weighted by molar-refractivity contribution is -0.137. The molecule has 1 aliphatic heterocycles. The Labute approximate surface area is 159 Å². The lowest BCUT2D eigenvalue weighted by atomic mass is 9.93. The van der Waals surface area contributed by atoms with Crippen molar-refractivity contribution in [1.82, 2.24) is 10.6 Å². The molecule has 146 valence electrons. The molecular formula is C20H18F3N3O2. The van der Waals surface area contributed by atoms with E-state index in [1.54, 1.807) is 18.2 Å². The third-order valence-electron chi connectivity index (χ3n) is 4.37. The molecule has 0 saturated heterocycles. The van der Waals surface area contributed by atoms with Gasteiger partial charge in [0.25, 0.3) is 5.91 Å². The van der Waals surface area contributed by atoms with Gasteiger partial charge in [0.1, 0.15) is 0 Å². The van der Waals surface area contributed by atoms with Crippen LogP contribution in [0.1, 0.15) is 29.7 Å². The van der Waals surface area contributed by atoms with Crippen LogP contribution in [0.5, 0.6) is 0 Å². The molecule has 3 amide bonds. The van der Waals surface area contributed by atoms with Gasteiger partial charge >= 0.3 is 12.2 Å². The minimum absolute atomic E-state index is 0.141. The van der Waals surface area contributed by atoms with Gasteiger partial charge in [-0.25, -0.2) is 4.79 Å². The van der Waals surface area contributed by atoms with E-state index < -0.39 is 29.7 Å². The highest BCUT2D eigenvalue weighted by atomic mass is 19.4. The second-order valence-corrected chi connectivity index (χ2v) is 6.48. The monoisotopic (exact) mass is 389 g/mol. The lowest BCUT2D eigenvalue weighted by Gasteiger charge is -2.29. The molecule has 1 heterocycles. The number of allylic oxidation sites excluding steroid dienone is 1. The number of hydrogen-bond acceptors (Lipinski definition) is 2. The molecule has 0 aromatic heterocycles. The number of aryl methyl sites for hydroxylation is 1. The van der Waals surface area contributed by atoms with Gasteiger partial charge in [-0.3, -0.25) is 4.79 Å². The summed E-state index contributed by atoms with van der Waals surface area (Å²) in [6.45, 7) is 3.40. The van der Waals surface area contributed by atoms with Crippen LogP contribution in [0, 0.1) is 6.92 Å². The number of para-hydroxylation sites is 1. The maximum absolute atomic E-state index is 13.2. The number of anilines is 1. The molecule has 3 N–H and O–H groups in total. The van der Waals surface area contributed by atoms with Gasteiger partial charge < -0.3 is 16.0 Å². The van der Waals surface area contributed by atoms with E-state index in [0.717, 1.165) is 11.6 Å². The topological polar surface area (TPSA) is 70.2 Å². The predicted octanol–water partition coefficient (Wildman–Crippen LogP) is 4.28. The zero-order valence-corrected chi connectivity index (χ0v) is 15.1. The number of benzene rings is 2. The van der Waals surface area contributed by atoms with Crippen molar-refractivity contribution in [3.8, 4) is 0 Å². The number of carbonyl (C=O) groups excluding carboxylic acids is 2. The Bertz CT molecular complexity index is 967. The lowest BCUT2D eigenvalue weighted by Crippen LogP contribution is -2.46. The number of urea groups is 1. The van der Waals surface area contributed by atoms with Crippen LogP contribution in [-0.4, -0.2) is 11.9 Å². The fourth-order valence-corrected chi connectivity index (χ4v) is 3.12. The van der Waals surface area contributed by atoms with Crippen LogP contribution in [0.4, 0.5) is 23.7 Å². The molecule has 28 heavy (non-hydrogen) atoms. The number of nitrogens with one attached hydrogen (secondary N) is 3. The molecule has 0 aliphatic carbocycles. The van der Waals surface area contributed by atoms with Crippen LogP contribution in [0.3, 0.4) is 0 Å². The van der Waals surface area contributed by atoms with Crippen molar-refractivity contribution in [1.29, 1.82) is 0 Å². The second kappa shape index (κ2) is 7.38. The molecule has 1 atom stereocenters. The summed E-state index contributed by atoms with van der Waals surface area (Å²) in [6.07, 6.45) is -4.61. The van der Waals surface area contributed by atoms with Crippen molar-refractivity contribution in [2.24, 2.45) is 0 Å². The van der Waals surface area contributed by atoms with E-state index in [4.69, 9.17) is 0 Å². The van der Waals surface area contributed by atoms with Gasteiger partial charge in [-0.2, -0.15) is 13.2 Å². The highest BCUT2D eigenvalue weighted by molar-refractivity contribution is 6.07. The average molecular weight is 389 g/mol. The molecule has 1 aliphatic rings. The van der Waals surface area contributed by atoms with E-state index in [0.29, 0.717) is 5.56 Å². The van der Waals surface area contributed by atoms with Crippen LogP contribution >= 0.6 is 0 Å². The smallest absolute Gasteiger partial charge is 0.327 e. The SMILES string of the molecule is CC1=C(C(=O)Nc2ccccc2C(F)(F)F)[C@H](c2cccc(C)c2)NC(=O)N1. The van der Waals surface area contributed by atoms with E-state index in [1.807, 2.05) is 13.0 Å². The molecule has 0 bridgehead atoms. The van der Waals surface area contributed by atoms with Crippen LogP contribution in [0.15, 0.2) is 59.8 Å². The normalized spacial score (nSPS) is 17.0. The first kappa shape index (κ1) is 19.5. The Morgan fingerprint density at radius 2 is 1.79 bits per heavy atom. The molecule has 0 saturated carbocycles. The Balaban J connectivity index is 1.99. The van der Waals surface area contributed by atoms with Crippen molar-refractivity contribution < 1.29 is 22.8 Å². The quantitative estimate of drug-likeness (QED) is 0.733. The van der Waals surface area contributed by atoms with E-state index in [2.05, 4.69) is 16.0 Å². The van der Waals surface area contributed by atoms with Crippen molar-refractivity contribution in [2.75, 3.05) is 5.32 Å². The molecule has 2 aromatic carbocycles. The minimum Gasteiger partial charge on any atom is -0.327 e.